The molecule has 2 aromatic carbocycles. The van der Waals surface area contributed by atoms with E-state index in [4.69, 9.17) is 13.9 Å². The van der Waals surface area contributed by atoms with Gasteiger partial charge in [0.2, 0.25) is 0 Å². The summed E-state index contributed by atoms with van der Waals surface area (Å²) < 4.78 is 29.9. The highest BCUT2D eigenvalue weighted by atomic mass is 19.1. The number of piperazine rings is 1. The first kappa shape index (κ1) is 23.6. The van der Waals surface area contributed by atoms with Crippen LogP contribution < -0.4 is 19.7 Å². The van der Waals surface area contributed by atoms with Gasteiger partial charge in [-0.1, -0.05) is 0 Å². The van der Waals surface area contributed by atoms with Crippen LogP contribution in [0.3, 0.4) is 0 Å². The van der Waals surface area contributed by atoms with Crippen molar-refractivity contribution in [2.45, 2.75) is 13.0 Å². The Bertz CT molecular complexity index is 1020. The van der Waals surface area contributed by atoms with Crippen LogP contribution in [0.4, 0.5) is 10.1 Å². The maximum Gasteiger partial charge on any atom is 0.258 e. The molecule has 4 rings (SSSR count). The van der Waals surface area contributed by atoms with E-state index in [0.717, 1.165) is 43.4 Å². The third-order valence-corrected chi connectivity index (χ3v) is 5.82. The molecule has 1 atom stereocenters. The number of furan rings is 1. The van der Waals surface area contributed by atoms with Crippen molar-refractivity contribution in [2.24, 2.45) is 0 Å². The van der Waals surface area contributed by atoms with Crippen molar-refractivity contribution in [2.75, 3.05) is 50.8 Å². The Balaban J connectivity index is 1.29. The Morgan fingerprint density at radius 2 is 1.68 bits per heavy atom. The molecule has 1 amide bonds. The molecule has 0 saturated carbocycles. The lowest BCUT2D eigenvalue weighted by molar-refractivity contribution is -0.123. The van der Waals surface area contributed by atoms with Crippen molar-refractivity contribution >= 4 is 11.6 Å². The fourth-order valence-electron chi connectivity index (χ4n) is 4.04. The van der Waals surface area contributed by atoms with Gasteiger partial charge in [-0.3, -0.25) is 9.69 Å². The minimum Gasteiger partial charge on any atom is -0.494 e. The van der Waals surface area contributed by atoms with Crippen molar-refractivity contribution in [1.29, 1.82) is 0 Å². The van der Waals surface area contributed by atoms with Gasteiger partial charge in [0.25, 0.3) is 5.91 Å². The van der Waals surface area contributed by atoms with Gasteiger partial charge < -0.3 is 24.1 Å². The standard InChI is InChI=1S/C26H30FN3O4/c1-2-32-22-9-11-23(12-10-22)34-19-26(31)28-18-24(25-4-3-17-33-25)30-15-13-29(14-16-30)21-7-5-20(27)6-8-21/h3-12,17,24H,2,13-16,18-19H2,1H3,(H,28,31). The largest absolute Gasteiger partial charge is 0.494 e. The van der Waals surface area contributed by atoms with Gasteiger partial charge in [-0.2, -0.15) is 0 Å². The summed E-state index contributed by atoms with van der Waals surface area (Å²) in [7, 11) is 0. The van der Waals surface area contributed by atoms with Crippen LogP contribution in [0.25, 0.3) is 0 Å². The minimum absolute atomic E-state index is 0.0722. The van der Waals surface area contributed by atoms with Crippen molar-refractivity contribution in [3.63, 3.8) is 0 Å². The molecule has 180 valence electrons. The zero-order chi connectivity index (χ0) is 23.8. The molecule has 0 spiro atoms. The van der Waals surface area contributed by atoms with Gasteiger partial charge in [-0.25, -0.2) is 4.39 Å². The van der Waals surface area contributed by atoms with Gasteiger partial charge in [0.1, 0.15) is 23.1 Å². The predicted molar refractivity (Wildman–Crippen MR) is 128 cm³/mol. The molecule has 1 aliphatic heterocycles. The van der Waals surface area contributed by atoms with Gasteiger partial charge in [-0.05, 0) is 67.6 Å². The summed E-state index contributed by atoms with van der Waals surface area (Å²) >= 11 is 0. The number of halogens is 1. The van der Waals surface area contributed by atoms with Gasteiger partial charge in [0, 0.05) is 38.4 Å². The maximum absolute atomic E-state index is 13.2. The molecule has 1 fully saturated rings. The third kappa shape index (κ3) is 6.29. The van der Waals surface area contributed by atoms with E-state index in [1.807, 2.05) is 31.2 Å². The van der Waals surface area contributed by atoms with Crippen LogP contribution in [0, 0.1) is 5.82 Å². The monoisotopic (exact) mass is 467 g/mol. The van der Waals surface area contributed by atoms with Crippen molar-refractivity contribution in [3.05, 3.63) is 78.5 Å². The van der Waals surface area contributed by atoms with E-state index in [0.29, 0.717) is 18.9 Å². The van der Waals surface area contributed by atoms with E-state index >= 15 is 0 Å². The van der Waals surface area contributed by atoms with E-state index in [9.17, 15) is 9.18 Å². The third-order valence-electron chi connectivity index (χ3n) is 5.82. The first-order chi connectivity index (χ1) is 16.6. The van der Waals surface area contributed by atoms with Gasteiger partial charge >= 0.3 is 0 Å². The van der Waals surface area contributed by atoms with Crippen LogP contribution in [0.2, 0.25) is 0 Å². The van der Waals surface area contributed by atoms with Crippen molar-refractivity contribution < 1.29 is 23.1 Å². The van der Waals surface area contributed by atoms with Gasteiger partial charge in [0.05, 0.1) is 18.9 Å². The van der Waals surface area contributed by atoms with E-state index in [1.165, 1.54) is 12.1 Å². The number of carbonyl (C=O) groups is 1. The summed E-state index contributed by atoms with van der Waals surface area (Å²) in [6.07, 6.45) is 1.65. The lowest BCUT2D eigenvalue weighted by Crippen LogP contribution is -2.50. The summed E-state index contributed by atoms with van der Waals surface area (Å²) in [5, 5.41) is 2.97. The zero-order valence-corrected chi connectivity index (χ0v) is 19.3. The Labute approximate surface area is 199 Å². The van der Waals surface area contributed by atoms with E-state index in [2.05, 4.69) is 15.1 Å². The number of carbonyl (C=O) groups excluding carboxylic acids is 1. The van der Waals surface area contributed by atoms with Crippen molar-refractivity contribution in [3.8, 4) is 11.5 Å². The number of benzene rings is 2. The van der Waals surface area contributed by atoms with Crippen LogP contribution >= 0.6 is 0 Å². The Morgan fingerprint density at radius 1 is 1.00 bits per heavy atom. The average Bonchev–Trinajstić information content (AvgIpc) is 3.40. The van der Waals surface area contributed by atoms with E-state index < -0.39 is 0 Å². The van der Waals surface area contributed by atoms with Gasteiger partial charge in [0.15, 0.2) is 6.61 Å². The smallest absolute Gasteiger partial charge is 0.258 e. The highest BCUT2D eigenvalue weighted by Gasteiger charge is 2.27. The van der Waals surface area contributed by atoms with Crippen molar-refractivity contribution in [1.82, 2.24) is 10.2 Å². The Morgan fingerprint density at radius 3 is 2.29 bits per heavy atom. The molecule has 1 aromatic heterocycles. The molecule has 1 N–H and O–H groups in total. The van der Waals surface area contributed by atoms with Crippen LogP contribution in [-0.4, -0.2) is 56.7 Å². The number of nitrogens with zero attached hydrogens (tertiary/aromatic N) is 2. The maximum atomic E-state index is 13.2. The molecular weight excluding hydrogens is 437 g/mol. The van der Waals surface area contributed by atoms with Crippen LogP contribution in [-0.2, 0) is 4.79 Å². The molecule has 3 aromatic rings. The summed E-state index contributed by atoms with van der Waals surface area (Å²) in [5.41, 5.74) is 1.01. The number of ether oxygens (including phenoxy) is 2. The highest BCUT2D eigenvalue weighted by molar-refractivity contribution is 5.77. The molecule has 1 unspecified atom stereocenters. The molecule has 0 aliphatic carbocycles. The zero-order valence-electron chi connectivity index (χ0n) is 19.3. The topological polar surface area (TPSA) is 67.2 Å². The summed E-state index contributed by atoms with van der Waals surface area (Å²) in [5.74, 6) is 1.75. The number of nitrogens with one attached hydrogen (secondary N) is 1. The number of rotatable bonds is 10. The van der Waals surface area contributed by atoms with Crippen LogP contribution in [0.15, 0.2) is 71.3 Å². The van der Waals surface area contributed by atoms with E-state index in [1.54, 1.807) is 30.5 Å². The molecule has 34 heavy (non-hydrogen) atoms. The molecule has 0 radical (unpaired) electrons. The van der Waals surface area contributed by atoms with Crippen LogP contribution in [0.5, 0.6) is 11.5 Å². The average molecular weight is 468 g/mol. The minimum atomic E-state index is -0.234. The number of hydrogen-bond acceptors (Lipinski definition) is 6. The fraction of sp³-hybridized carbons (Fsp3) is 0.346. The molecule has 8 heteroatoms. The molecular formula is C26H30FN3O4. The molecule has 1 aliphatic rings. The second kappa shape index (κ2) is 11.6. The predicted octanol–water partition coefficient (Wildman–Crippen LogP) is 3.88. The normalized spacial score (nSPS) is 15.1. The summed E-state index contributed by atoms with van der Waals surface area (Å²) in [6, 6.07) is 17.5. The van der Waals surface area contributed by atoms with E-state index in [-0.39, 0.29) is 24.4 Å². The second-order valence-electron chi connectivity index (χ2n) is 8.03. The second-order valence-corrected chi connectivity index (χ2v) is 8.03. The Kier molecular flexibility index (Phi) is 8.04. The number of amides is 1. The molecule has 7 nitrogen and oxygen atoms in total. The Hall–Kier alpha value is -3.52. The fourth-order valence-corrected chi connectivity index (χ4v) is 4.04. The summed E-state index contributed by atoms with van der Waals surface area (Å²) in [4.78, 5) is 17.0. The lowest BCUT2D eigenvalue weighted by atomic mass is 10.1. The summed E-state index contributed by atoms with van der Waals surface area (Å²) in [6.45, 7) is 6.06. The lowest BCUT2D eigenvalue weighted by Gasteiger charge is -2.39. The number of anilines is 1. The first-order valence-electron chi connectivity index (χ1n) is 11.5. The molecule has 0 bridgehead atoms. The first-order valence-corrected chi connectivity index (χ1v) is 11.5. The molecule has 2 heterocycles. The number of hydrogen-bond donors (Lipinski definition) is 1. The van der Waals surface area contributed by atoms with Gasteiger partial charge in [-0.15, -0.1) is 0 Å². The molecule has 1 saturated heterocycles. The van der Waals surface area contributed by atoms with Crippen LogP contribution in [0.1, 0.15) is 18.7 Å². The quantitative estimate of drug-likeness (QED) is 0.488. The SMILES string of the molecule is CCOc1ccc(OCC(=O)NCC(c2ccco2)N2CCN(c3ccc(F)cc3)CC2)cc1. The highest BCUT2D eigenvalue weighted by Crippen LogP contribution is 2.24.